The van der Waals surface area contributed by atoms with E-state index in [-0.39, 0.29) is 34.2 Å². The normalized spacial score (nSPS) is 15.2. The highest BCUT2D eigenvalue weighted by molar-refractivity contribution is 6.31. The zero-order valence-electron chi connectivity index (χ0n) is 12.0. The highest BCUT2D eigenvalue weighted by Gasteiger charge is 2.31. The third-order valence-corrected chi connectivity index (χ3v) is 3.76. The van der Waals surface area contributed by atoms with Gasteiger partial charge >= 0.3 is 0 Å². The Morgan fingerprint density at radius 3 is 2.79 bits per heavy atom. The van der Waals surface area contributed by atoms with Crippen molar-refractivity contribution >= 4 is 23.2 Å². The van der Waals surface area contributed by atoms with Crippen LogP contribution in [0, 0.1) is 11.6 Å². The predicted molar refractivity (Wildman–Crippen MR) is 83.1 cm³/mol. The third kappa shape index (κ3) is 2.84. The van der Waals surface area contributed by atoms with Gasteiger partial charge in [0.2, 0.25) is 0 Å². The van der Waals surface area contributed by atoms with E-state index in [0.717, 1.165) is 12.1 Å². The molecule has 0 radical (unpaired) electrons. The maximum absolute atomic E-state index is 14.0. The van der Waals surface area contributed by atoms with E-state index in [4.69, 9.17) is 21.9 Å². The minimum atomic E-state index is -0.835. The molecule has 24 heavy (non-hydrogen) atoms. The van der Waals surface area contributed by atoms with Gasteiger partial charge in [-0.2, -0.15) is 0 Å². The Morgan fingerprint density at radius 2 is 2.08 bits per heavy atom. The first-order valence-corrected chi connectivity index (χ1v) is 7.15. The topological polar surface area (TPSA) is 87.1 Å². The average molecular weight is 351 g/mol. The van der Waals surface area contributed by atoms with E-state index in [1.165, 1.54) is 18.2 Å². The molecule has 9 heteroatoms. The summed E-state index contributed by atoms with van der Waals surface area (Å²) in [4.78, 5) is 15.0. The quantitative estimate of drug-likeness (QED) is 0.497. The maximum atomic E-state index is 14.0. The first-order valence-electron chi connectivity index (χ1n) is 6.77. The predicted octanol–water partition coefficient (Wildman–Crippen LogP) is 4.61. The molecule has 1 aliphatic rings. The summed E-state index contributed by atoms with van der Waals surface area (Å²) in [5.41, 5.74) is 8.91. The number of halogens is 3. The molecule has 0 spiro atoms. The number of hydrogen-bond acceptors (Lipinski definition) is 3. The van der Waals surface area contributed by atoms with Crippen LogP contribution in [0.15, 0.2) is 35.4 Å². The molecule has 1 aliphatic heterocycles. The number of nitrogens with zero attached hydrogens (tertiary/aromatic N) is 3. The summed E-state index contributed by atoms with van der Waals surface area (Å²) < 4.78 is 32.5. The lowest BCUT2D eigenvalue weighted by Crippen LogP contribution is -2.13. The van der Waals surface area contributed by atoms with Crippen LogP contribution in [-0.4, -0.2) is 12.5 Å². The van der Waals surface area contributed by atoms with E-state index >= 15 is 0 Å². The number of ether oxygens (including phenoxy) is 1. The molecule has 1 heterocycles. The number of carbonyl (C=O) groups excluding carboxylic acids is 1. The van der Waals surface area contributed by atoms with Crippen molar-refractivity contribution in [2.75, 3.05) is 11.9 Å². The summed E-state index contributed by atoms with van der Waals surface area (Å²) in [5, 5.41) is 5.84. The van der Waals surface area contributed by atoms with Gasteiger partial charge < -0.3 is 10.1 Å². The maximum Gasteiger partial charge on any atom is 0.259 e. The summed E-state index contributed by atoms with van der Waals surface area (Å²) in [7, 11) is 0. The summed E-state index contributed by atoms with van der Waals surface area (Å²) in [6.07, 6.45) is 0. The standard InChI is InChI=1S/C15H9ClF2N4O2/c16-9-5-7(1-3-10(9)17)20-15(23)8-2-4-11(18)13-12(21-22-19)6-24-14(8)13/h1-5,12H,6H2,(H,20,23). The molecule has 2 aromatic rings. The van der Waals surface area contributed by atoms with Crippen LogP contribution in [0.1, 0.15) is 22.0 Å². The van der Waals surface area contributed by atoms with Crippen molar-refractivity contribution in [2.24, 2.45) is 5.11 Å². The molecule has 2 aromatic carbocycles. The summed E-state index contributed by atoms with van der Waals surface area (Å²) in [5.74, 6) is -1.80. The van der Waals surface area contributed by atoms with Crippen LogP contribution in [0.5, 0.6) is 5.75 Å². The molecule has 0 bridgehead atoms. The highest BCUT2D eigenvalue weighted by Crippen LogP contribution is 2.39. The van der Waals surface area contributed by atoms with E-state index in [1.807, 2.05) is 0 Å². The molecule has 6 nitrogen and oxygen atoms in total. The number of fused-ring (bicyclic) bond motifs is 1. The lowest BCUT2D eigenvalue weighted by atomic mass is 10.0. The van der Waals surface area contributed by atoms with E-state index in [9.17, 15) is 13.6 Å². The number of azide groups is 1. The average Bonchev–Trinajstić information content (AvgIpc) is 2.96. The fraction of sp³-hybridized carbons (Fsp3) is 0.133. The third-order valence-electron chi connectivity index (χ3n) is 3.47. The molecule has 1 atom stereocenters. The van der Waals surface area contributed by atoms with Crippen LogP contribution in [-0.2, 0) is 0 Å². The van der Waals surface area contributed by atoms with Crippen LogP contribution in [0.4, 0.5) is 14.5 Å². The number of benzene rings is 2. The first-order chi connectivity index (χ1) is 11.5. The smallest absolute Gasteiger partial charge is 0.259 e. The number of hydrogen-bond donors (Lipinski definition) is 1. The van der Waals surface area contributed by atoms with Gasteiger partial charge in [0, 0.05) is 16.2 Å². The number of carbonyl (C=O) groups is 1. The van der Waals surface area contributed by atoms with Gasteiger partial charge in [0.05, 0.1) is 10.6 Å². The van der Waals surface area contributed by atoms with Crippen LogP contribution >= 0.6 is 11.6 Å². The molecule has 1 unspecified atom stereocenters. The molecule has 0 saturated heterocycles. The van der Waals surface area contributed by atoms with Gasteiger partial charge in [-0.25, -0.2) is 8.78 Å². The highest BCUT2D eigenvalue weighted by atomic mass is 35.5. The molecule has 0 aliphatic carbocycles. The molecule has 3 rings (SSSR count). The molecule has 1 amide bonds. The van der Waals surface area contributed by atoms with Crippen molar-refractivity contribution in [3.63, 3.8) is 0 Å². The van der Waals surface area contributed by atoms with Crippen molar-refractivity contribution in [3.05, 3.63) is 68.6 Å². The van der Waals surface area contributed by atoms with Crippen molar-refractivity contribution < 1.29 is 18.3 Å². The van der Waals surface area contributed by atoms with Gasteiger partial charge in [-0.15, -0.1) is 0 Å². The number of amides is 1. The van der Waals surface area contributed by atoms with Crippen molar-refractivity contribution in [1.29, 1.82) is 0 Å². The molecule has 1 N–H and O–H groups in total. The van der Waals surface area contributed by atoms with E-state index in [0.29, 0.717) is 0 Å². The van der Waals surface area contributed by atoms with Crippen LogP contribution < -0.4 is 10.1 Å². The van der Waals surface area contributed by atoms with Gasteiger partial charge in [0.1, 0.15) is 30.0 Å². The van der Waals surface area contributed by atoms with Crippen LogP contribution in [0.25, 0.3) is 10.4 Å². The molecule has 0 fully saturated rings. The minimum absolute atomic E-state index is 0.0260. The Labute approximate surface area is 139 Å². The Balaban J connectivity index is 1.94. The van der Waals surface area contributed by atoms with Gasteiger partial charge in [0.15, 0.2) is 0 Å². The van der Waals surface area contributed by atoms with Gasteiger partial charge in [-0.1, -0.05) is 16.7 Å². The SMILES string of the molecule is [N-]=[N+]=NC1COc2c(C(=O)Nc3ccc(F)c(Cl)c3)ccc(F)c21. The second kappa shape index (κ2) is 6.35. The van der Waals surface area contributed by atoms with Gasteiger partial charge in [-0.05, 0) is 35.9 Å². The Hall–Kier alpha value is -2.83. The summed E-state index contributed by atoms with van der Waals surface area (Å²) in [6.45, 7) is -0.0526. The van der Waals surface area contributed by atoms with Crippen molar-refractivity contribution in [1.82, 2.24) is 0 Å². The van der Waals surface area contributed by atoms with E-state index < -0.39 is 23.6 Å². The van der Waals surface area contributed by atoms with E-state index in [1.54, 1.807) is 0 Å². The lowest BCUT2D eigenvalue weighted by molar-refractivity contribution is 0.102. The van der Waals surface area contributed by atoms with Crippen LogP contribution in [0.2, 0.25) is 5.02 Å². The van der Waals surface area contributed by atoms with Crippen LogP contribution in [0.3, 0.4) is 0 Å². The second-order valence-corrected chi connectivity index (χ2v) is 5.36. The Kier molecular flexibility index (Phi) is 4.24. The first kappa shape index (κ1) is 16.0. The zero-order chi connectivity index (χ0) is 17.3. The molecule has 0 aromatic heterocycles. The van der Waals surface area contributed by atoms with Gasteiger partial charge in [-0.3, -0.25) is 4.79 Å². The molecule has 0 saturated carbocycles. The summed E-state index contributed by atoms with van der Waals surface area (Å²) >= 11 is 5.66. The van der Waals surface area contributed by atoms with Crippen molar-refractivity contribution in [2.45, 2.75) is 6.04 Å². The van der Waals surface area contributed by atoms with Gasteiger partial charge in [0.25, 0.3) is 5.91 Å². The summed E-state index contributed by atoms with van der Waals surface area (Å²) in [6, 6.07) is 5.22. The monoisotopic (exact) mass is 350 g/mol. The fourth-order valence-corrected chi connectivity index (χ4v) is 2.57. The second-order valence-electron chi connectivity index (χ2n) is 4.95. The fourth-order valence-electron chi connectivity index (χ4n) is 2.39. The molecular formula is C15H9ClF2N4O2. The molecule has 122 valence electrons. The lowest BCUT2D eigenvalue weighted by Gasteiger charge is -2.10. The number of nitrogens with one attached hydrogen (secondary N) is 1. The Morgan fingerprint density at radius 1 is 1.33 bits per heavy atom. The number of rotatable bonds is 3. The molecular weight excluding hydrogens is 342 g/mol. The van der Waals surface area contributed by atoms with Crippen molar-refractivity contribution in [3.8, 4) is 5.75 Å². The number of anilines is 1. The minimum Gasteiger partial charge on any atom is -0.492 e. The zero-order valence-corrected chi connectivity index (χ0v) is 12.7. The van der Waals surface area contributed by atoms with E-state index in [2.05, 4.69) is 15.3 Å². The Bertz CT molecular complexity index is 884. The largest absolute Gasteiger partial charge is 0.492 e.